The SMILES string of the molecule is CC1=C(C(C)(C)C)P1(C)(C)C. The van der Waals surface area contributed by atoms with E-state index in [1.807, 2.05) is 0 Å². The van der Waals surface area contributed by atoms with Crippen molar-refractivity contribution < 1.29 is 0 Å². The summed E-state index contributed by atoms with van der Waals surface area (Å²) in [6.07, 6.45) is 0. The first-order valence-corrected chi connectivity index (χ1v) is 7.87. The van der Waals surface area contributed by atoms with Gasteiger partial charge in [0.1, 0.15) is 0 Å². The van der Waals surface area contributed by atoms with Gasteiger partial charge in [-0.1, -0.05) is 0 Å². The Labute approximate surface area is 71.0 Å². The van der Waals surface area contributed by atoms with Crippen LogP contribution in [0.3, 0.4) is 0 Å². The van der Waals surface area contributed by atoms with Crippen LogP contribution in [0.4, 0.5) is 0 Å². The van der Waals surface area contributed by atoms with E-state index in [0.717, 1.165) is 0 Å². The summed E-state index contributed by atoms with van der Waals surface area (Å²) in [6.45, 7) is 15.3. The third-order valence-electron chi connectivity index (χ3n) is 2.96. The van der Waals surface area contributed by atoms with Crippen LogP contribution in [0.2, 0.25) is 0 Å². The van der Waals surface area contributed by atoms with Crippen molar-refractivity contribution in [2.45, 2.75) is 27.7 Å². The van der Waals surface area contributed by atoms with Crippen LogP contribution < -0.4 is 0 Å². The summed E-state index contributed by atoms with van der Waals surface area (Å²) in [7, 11) is 0. The van der Waals surface area contributed by atoms with Crippen molar-refractivity contribution in [2.24, 2.45) is 5.41 Å². The van der Waals surface area contributed by atoms with E-state index >= 15 is 0 Å². The maximum atomic E-state index is 2.46. The summed E-state index contributed by atoms with van der Waals surface area (Å²) in [5.74, 6) is 0. The van der Waals surface area contributed by atoms with Gasteiger partial charge in [-0.05, 0) is 0 Å². The van der Waals surface area contributed by atoms with Crippen LogP contribution in [-0.2, 0) is 0 Å². The molecule has 1 rings (SSSR count). The molecule has 0 saturated heterocycles. The van der Waals surface area contributed by atoms with Crippen molar-refractivity contribution in [3.05, 3.63) is 10.6 Å². The van der Waals surface area contributed by atoms with Crippen molar-refractivity contribution in [2.75, 3.05) is 20.0 Å². The molecule has 0 fully saturated rings. The molecule has 0 nitrogen and oxygen atoms in total. The maximum absolute atomic E-state index is 2.46. The zero-order valence-corrected chi connectivity index (χ0v) is 9.84. The molecule has 0 spiro atoms. The molecule has 0 bridgehead atoms. The number of rotatable bonds is 0. The average Bonchev–Trinajstić information content (AvgIpc) is 1.95. The van der Waals surface area contributed by atoms with Gasteiger partial charge in [0.2, 0.25) is 0 Å². The molecule has 0 aromatic carbocycles. The van der Waals surface area contributed by atoms with Crippen molar-refractivity contribution in [3.63, 3.8) is 0 Å². The molecule has 1 aliphatic heterocycles. The Hall–Kier alpha value is 0.170. The van der Waals surface area contributed by atoms with Crippen LogP contribution >= 0.6 is 6.60 Å². The van der Waals surface area contributed by atoms with Gasteiger partial charge in [-0.3, -0.25) is 0 Å². The molecular formula is C10H21P. The van der Waals surface area contributed by atoms with Gasteiger partial charge < -0.3 is 0 Å². The Morgan fingerprint density at radius 3 is 1.27 bits per heavy atom. The van der Waals surface area contributed by atoms with Gasteiger partial charge in [0.15, 0.2) is 0 Å². The molecule has 0 atom stereocenters. The molecule has 0 aliphatic carbocycles. The molecule has 1 heterocycles. The van der Waals surface area contributed by atoms with E-state index in [1.54, 1.807) is 10.6 Å². The van der Waals surface area contributed by atoms with Gasteiger partial charge in [0.05, 0.1) is 0 Å². The fourth-order valence-corrected chi connectivity index (χ4v) is 7.68. The van der Waals surface area contributed by atoms with Gasteiger partial charge in [0, 0.05) is 0 Å². The molecular weight excluding hydrogens is 151 g/mol. The third kappa shape index (κ3) is 1.16. The minimum atomic E-state index is -1.36. The first-order chi connectivity index (χ1) is 4.56. The van der Waals surface area contributed by atoms with Crippen LogP contribution in [0.5, 0.6) is 0 Å². The standard InChI is InChI=1S/C10H21P/c1-8-9(10(2,3)4)11(8,5,6)7/h1-7H3. The molecule has 0 unspecified atom stereocenters. The van der Waals surface area contributed by atoms with E-state index in [1.165, 1.54) is 0 Å². The van der Waals surface area contributed by atoms with E-state index in [9.17, 15) is 0 Å². The summed E-state index contributed by atoms with van der Waals surface area (Å²) in [5.41, 5.74) is 0.417. The quantitative estimate of drug-likeness (QED) is 0.488. The number of hydrogen-bond donors (Lipinski definition) is 0. The average molecular weight is 172 g/mol. The topological polar surface area (TPSA) is 0 Å². The van der Waals surface area contributed by atoms with Gasteiger partial charge in [0.25, 0.3) is 0 Å². The Bertz CT molecular complexity index is 230. The second-order valence-electron chi connectivity index (χ2n) is 5.98. The van der Waals surface area contributed by atoms with E-state index in [-0.39, 0.29) is 0 Å². The predicted molar refractivity (Wildman–Crippen MR) is 56.8 cm³/mol. The van der Waals surface area contributed by atoms with E-state index in [4.69, 9.17) is 0 Å². The van der Waals surface area contributed by atoms with Crippen LogP contribution in [-0.4, -0.2) is 20.0 Å². The molecule has 0 aromatic rings. The Morgan fingerprint density at radius 1 is 1.00 bits per heavy atom. The van der Waals surface area contributed by atoms with Crippen molar-refractivity contribution in [1.82, 2.24) is 0 Å². The van der Waals surface area contributed by atoms with Gasteiger partial charge in [-0.15, -0.1) is 0 Å². The monoisotopic (exact) mass is 172 g/mol. The van der Waals surface area contributed by atoms with Gasteiger partial charge in [-0.25, -0.2) is 0 Å². The molecule has 1 aliphatic rings. The zero-order valence-electron chi connectivity index (χ0n) is 8.95. The second-order valence-corrected chi connectivity index (χ2v) is 12.7. The number of allylic oxidation sites excluding steroid dienone is 2. The fraction of sp³-hybridized carbons (Fsp3) is 0.800. The van der Waals surface area contributed by atoms with Crippen LogP contribution in [0.1, 0.15) is 27.7 Å². The fourth-order valence-electron chi connectivity index (χ4n) is 2.51. The summed E-state index contributed by atoms with van der Waals surface area (Å²) in [5, 5.41) is 3.48. The predicted octanol–water partition coefficient (Wildman–Crippen LogP) is 3.72. The van der Waals surface area contributed by atoms with E-state index < -0.39 is 6.60 Å². The molecule has 0 radical (unpaired) electrons. The van der Waals surface area contributed by atoms with Gasteiger partial charge in [-0.2, -0.15) is 0 Å². The Balaban J connectivity index is 3.00. The third-order valence-corrected chi connectivity index (χ3v) is 7.88. The first kappa shape index (κ1) is 9.26. The normalized spacial score (nSPS) is 31.0. The molecule has 66 valence electrons. The summed E-state index contributed by atoms with van der Waals surface area (Å²) in [6, 6.07) is 0. The summed E-state index contributed by atoms with van der Waals surface area (Å²) < 4.78 is 0. The summed E-state index contributed by atoms with van der Waals surface area (Å²) >= 11 is 0. The van der Waals surface area contributed by atoms with Crippen molar-refractivity contribution in [3.8, 4) is 0 Å². The van der Waals surface area contributed by atoms with E-state index in [2.05, 4.69) is 47.7 Å². The molecule has 1 heteroatoms. The molecule has 0 amide bonds. The van der Waals surface area contributed by atoms with Crippen LogP contribution in [0.15, 0.2) is 10.6 Å². The minimum absolute atomic E-state index is 0.417. The van der Waals surface area contributed by atoms with Crippen LogP contribution in [0, 0.1) is 5.41 Å². The van der Waals surface area contributed by atoms with Gasteiger partial charge >= 0.3 is 70.3 Å². The Kier molecular flexibility index (Phi) is 1.46. The van der Waals surface area contributed by atoms with Crippen molar-refractivity contribution >= 4 is 6.60 Å². The molecule has 11 heavy (non-hydrogen) atoms. The number of hydrogen-bond acceptors (Lipinski definition) is 0. The molecule has 0 aromatic heterocycles. The Morgan fingerprint density at radius 2 is 1.27 bits per heavy atom. The zero-order chi connectivity index (χ0) is 9.10. The van der Waals surface area contributed by atoms with E-state index in [0.29, 0.717) is 5.41 Å². The van der Waals surface area contributed by atoms with Crippen molar-refractivity contribution in [1.29, 1.82) is 0 Å². The first-order valence-electron chi connectivity index (χ1n) is 4.29. The second kappa shape index (κ2) is 1.74. The van der Waals surface area contributed by atoms with Crippen LogP contribution in [0.25, 0.3) is 0 Å². The molecule has 0 saturated carbocycles. The molecule has 0 N–H and O–H groups in total. The summed E-state index contributed by atoms with van der Waals surface area (Å²) in [4.78, 5) is 0.